The Labute approximate surface area is 160 Å². The van der Waals surface area contributed by atoms with Crippen LogP contribution in [0.3, 0.4) is 0 Å². The van der Waals surface area contributed by atoms with Gasteiger partial charge in [0.25, 0.3) is 5.91 Å². The normalized spacial score (nSPS) is 28.2. The number of imide groups is 1. The molecule has 6 heteroatoms. The lowest BCUT2D eigenvalue weighted by atomic mass is 9.85. The number of nitrogens with one attached hydrogen (secondary N) is 1. The van der Waals surface area contributed by atoms with Crippen LogP contribution in [-0.2, 0) is 15.1 Å². The predicted molar refractivity (Wildman–Crippen MR) is 103 cm³/mol. The van der Waals surface area contributed by atoms with Gasteiger partial charge in [0.15, 0.2) is 0 Å². The molecule has 1 aliphatic heterocycles. The SMILES string of the molecule is Cc1ccc(C2(C)NC(=O)N(CC(=O)N(C)C3CCCCC3C)C2=O)cc1. The van der Waals surface area contributed by atoms with Crippen LogP contribution in [0.4, 0.5) is 4.79 Å². The smallest absolute Gasteiger partial charge is 0.325 e. The summed E-state index contributed by atoms with van der Waals surface area (Å²) in [5.74, 6) is -0.131. The summed E-state index contributed by atoms with van der Waals surface area (Å²) in [5, 5.41) is 2.77. The van der Waals surface area contributed by atoms with Gasteiger partial charge in [-0.3, -0.25) is 14.5 Å². The van der Waals surface area contributed by atoms with Crippen molar-refractivity contribution in [2.45, 2.75) is 58.0 Å². The summed E-state index contributed by atoms with van der Waals surface area (Å²) in [5.41, 5.74) is 0.659. The molecule has 3 rings (SSSR count). The molecule has 1 aromatic carbocycles. The number of rotatable bonds is 4. The number of nitrogens with zero attached hydrogens (tertiary/aromatic N) is 2. The van der Waals surface area contributed by atoms with Gasteiger partial charge in [0.1, 0.15) is 12.1 Å². The third-order valence-electron chi connectivity index (χ3n) is 6.15. The van der Waals surface area contributed by atoms with E-state index in [0.717, 1.165) is 35.3 Å². The molecule has 1 N–H and O–H groups in total. The third kappa shape index (κ3) is 3.57. The number of likely N-dealkylation sites (N-methyl/N-ethyl adjacent to an activating group) is 1. The van der Waals surface area contributed by atoms with E-state index in [-0.39, 0.29) is 24.4 Å². The van der Waals surface area contributed by atoms with Crippen LogP contribution in [0.2, 0.25) is 0 Å². The van der Waals surface area contributed by atoms with Gasteiger partial charge in [0, 0.05) is 13.1 Å². The summed E-state index contributed by atoms with van der Waals surface area (Å²) in [4.78, 5) is 41.0. The lowest BCUT2D eigenvalue weighted by Crippen LogP contribution is -2.48. The van der Waals surface area contributed by atoms with E-state index >= 15 is 0 Å². The van der Waals surface area contributed by atoms with E-state index in [4.69, 9.17) is 0 Å². The molecule has 4 amide bonds. The zero-order valence-corrected chi connectivity index (χ0v) is 16.6. The number of amides is 4. The van der Waals surface area contributed by atoms with Gasteiger partial charge < -0.3 is 10.2 Å². The van der Waals surface area contributed by atoms with Crippen LogP contribution in [0.5, 0.6) is 0 Å². The first-order chi connectivity index (χ1) is 12.7. The maximum absolute atomic E-state index is 13.0. The van der Waals surface area contributed by atoms with E-state index < -0.39 is 11.6 Å². The topological polar surface area (TPSA) is 69.7 Å². The van der Waals surface area contributed by atoms with Crippen LogP contribution in [0.25, 0.3) is 0 Å². The van der Waals surface area contributed by atoms with Crippen molar-refractivity contribution in [3.63, 3.8) is 0 Å². The van der Waals surface area contributed by atoms with Gasteiger partial charge in [-0.25, -0.2) is 4.79 Å². The highest BCUT2D eigenvalue weighted by atomic mass is 16.2. The summed E-state index contributed by atoms with van der Waals surface area (Å²) < 4.78 is 0. The second-order valence-corrected chi connectivity index (χ2v) is 8.15. The minimum atomic E-state index is -1.14. The molecule has 3 atom stereocenters. The Morgan fingerprint density at radius 2 is 1.85 bits per heavy atom. The molecule has 1 saturated carbocycles. The molecule has 0 radical (unpaired) electrons. The fourth-order valence-electron chi connectivity index (χ4n) is 4.23. The molecule has 1 saturated heterocycles. The van der Waals surface area contributed by atoms with Gasteiger partial charge in [-0.05, 0) is 38.2 Å². The summed E-state index contributed by atoms with van der Waals surface area (Å²) in [7, 11) is 1.78. The zero-order valence-electron chi connectivity index (χ0n) is 16.6. The van der Waals surface area contributed by atoms with E-state index in [1.54, 1.807) is 18.9 Å². The Balaban J connectivity index is 1.73. The minimum absolute atomic E-state index is 0.176. The lowest BCUT2D eigenvalue weighted by molar-refractivity contribution is -0.140. The van der Waals surface area contributed by atoms with E-state index in [9.17, 15) is 14.4 Å². The van der Waals surface area contributed by atoms with Gasteiger partial charge in [-0.1, -0.05) is 49.6 Å². The average Bonchev–Trinajstić information content (AvgIpc) is 2.86. The fourth-order valence-corrected chi connectivity index (χ4v) is 4.23. The zero-order chi connectivity index (χ0) is 19.8. The molecule has 0 bridgehead atoms. The summed E-state index contributed by atoms with van der Waals surface area (Å²) in [6.07, 6.45) is 4.39. The van der Waals surface area contributed by atoms with Crippen molar-refractivity contribution in [1.82, 2.24) is 15.1 Å². The molecule has 0 aromatic heterocycles. The van der Waals surface area contributed by atoms with Crippen LogP contribution < -0.4 is 5.32 Å². The number of urea groups is 1. The maximum atomic E-state index is 13.0. The van der Waals surface area contributed by atoms with Gasteiger partial charge in [-0.2, -0.15) is 0 Å². The number of benzene rings is 1. The summed E-state index contributed by atoms with van der Waals surface area (Å²) in [6, 6.07) is 7.17. The molecule has 1 heterocycles. The van der Waals surface area contributed by atoms with E-state index in [1.165, 1.54) is 6.42 Å². The van der Waals surface area contributed by atoms with Crippen LogP contribution in [0.15, 0.2) is 24.3 Å². The number of aryl methyl sites for hydroxylation is 1. The van der Waals surface area contributed by atoms with Crippen LogP contribution in [0.1, 0.15) is 50.7 Å². The Hall–Kier alpha value is -2.37. The Bertz CT molecular complexity index is 746. The second-order valence-electron chi connectivity index (χ2n) is 8.15. The van der Waals surface area contributed by atoms with Crippen molar-refractivity contribution in [3.05, 3.63) is 35.4 Å². The quantitative estimate of drug-likeness (QED) is 0.828. The highest BCUT2D eigenvalue weighted by Crippen LogP contribution is 2.30. The number of carbonyl (C=O) groups excluding carboxylic acids is 3. The first-order valence-corrected chi connectivity index (χ1v) is 9.71. The van der Waals surface area contributed by atoms with Crippen molar-refractivity contribution in [3.8, 4) is 0 Å². The van der Waals surface area contributed by atoms with Gasteiger partial charge >= 0.3 is 6.03 Å². The van der Waals surface area contributed by atoms with Gasteiger partial charge in [0.05, 0.1) is 0 Å². The molecule has 0 spiro atoms. The average molecular weight is 371 g/mol. The molecular weight excluding hydrogens is 342 g/mol. The van der Waals surface area contributed by atoms with E-state index in [1.807, 2.05) is 31.2 Å². The van der Waals surface area contributed by atoms with Crippen LogP contribution >= 0.6 is 0 Å². The monoisotopic (exact) mass is 371 g/mol. The third-order valence-corrected chi connectivity index (χ3v) is 6.15. The van der Waals surface area contributed by atoms with E-state index in [2.05, 4.69) is 12.2 Å². The molecule has 146 valence electrons. The predicted octanol–water partition coefficient (Wildman–Crippen LogP) is 2.80. The molecule has 1 aliphatic carbocycles. The fraction of sp³-hybridized carbons (Fsp3) is 0.571. The molecule has 2 aliphatic rings. The highest BCUT2D eigenvalue weighted by molar-refractivity contribution is 6.09. The first kappa shape index (κ1) is 19.4. The lowest BCUT2D eigenvalue weighted by Gasteiger charge is -2.36. The molecule has 1 aromatic rings. The number of hydrogen-bond acceptors (Lipinski definition) is 3. The number of hydrogen-bond donors (Lipinski definition) is 1. The summed E-state index contributed by atoms with van der Waals surface area (Å²) >= 11 is 0. The van der Waals surface area contributed by atoms with Crippen molar-refractivity contribution < 1.29 is 14.4 Å². The molecular formula is C21H29N3O3. The Morgan fingerprint density at radius 3 is 2.48 bits per heavy atom. The molecule has 2 fully saturated rings. The van der Waals surface area contributed by atoms with Crippen molar-refractivity contribution >= 4 is 17.8 Å². The van der Waals surface area contributed by atoms with Crippen LogP contribution in [-0.4, -0.2) is 47.3 Å². The van der Waals surface area contributed by atoms with Gasteiger partial charge in [-0.15, -0.1) is 0 Å². The number of carbonyl (C=O) groups is 3. The highest BCUT2D eigenvalue weighted by Gasteiger charge is 2.49. The second kappa shape index (κ2) is 7.33. The molecule has 27 heavy (non-hydrogen) atoms. The first-order valence-electron chi connectivity index (χ1n) is 9.71. The van der Waals surface area contributed by atoms with Crippen molar-refractivity contribution in [1.29, 1.82) is 0 Å². The minimum Gasteiger partial charge on any atom is -0.341 e. The maximum Gasteiger partial charge on any atom is 0.325 e. The largest absolute Gasteiger partial charge is 0.341 e. The van der Waals surface area contributed by atoms with Gasteiger partial charge in [0.2, 0.25) is 5.91 Å². The summed E-state index contributed by atoms with van der Waals surface area (Å²) in [6.45, 7) is 5.60. The van der Waals surface area contributed by atoms with E-state index in [0.29, 0.717) is 5.92 Å². The standard InChI is InChI=1S/C21H29N3O3/c1-14-9-11-16(12-10-14)21(3)19(26)24(20(27)22-21)13-18(25)23(4)17-8-6-5-7-15(17)2/h9-12,15,17H,5-8,13H2,1-4H3,(H,22,27). The molecule has 6 nitrogen and oxygen atoms in total. The Morgan fingerprint density at radius 1 is 1.22 bits per heavy atom. The molecule has 3 unspecified atom stereocenters. The van der Waals surface area contributed by atoms with Crippen LogP contribution in [0, 0.1) is 12.8 Å². The Kier molecular flexibility index (Phi) is 5.27. The van der Waals surface area contributed by atoms with Crippen molar-refractivity contribution in [2.24, 2.45) is 5.92 Å². The van der Waals surface area contributed by atoms with Crippen molar-refractivity contribution in [2.75, 3.05) is 13.6 Å².